The van der Waals surface area contributed by atoms with Crippen molar-refractivity contribution in [3.63, 3.8) is 0 Å². The van der Waals surface area contributed by atoms with E-state index in [4.69, 9.17) is 0 Å². The predicted molar refractivity (Wildman–Crippen MR) is 87.5 cm³/mol. The summed E-state index contributed by atoms with van der Waals surface area (Å²) in [6, 6.07) is 1.15. The van der Waals surface area contributed by atoms with E-state index in [-0.39, 0.29) is 17.9 Å². The van der Waals surface area contributed by atoms with Gasteiger partial charge in [0.15, 0.2) is 0 Å². The first-order valence-corrected chi connectivity index (χ1v) is 8.76. The van der Waals surface area contributed by atoms with Crippen molar-refractivity contribution < 1.29 is 9.59 Å². The molecule has 0 aromatic carbocycles. The van der Waals surface area contributed by atoms with Crippen molar-refractivity contribution in [3.05, 3.63) is 0 Å². The first kappa shape index (κ1) is 17.3. The van der Waals surface area contributed by atoms with Gasteiger partial charge in [0.1, 0.15) is 6.04 Å². The van der Waals surface area contributed by atoms with Crippen molar-refractivity contribution in [2.75, 3.05) is 13.1 Å². The first-order valence-electron chi connectivity index (χ1n) is 8.76. The van der Waals surface area contributed by atoms with Crippen LogP contribution in [-0.2, 0) is 9.59 Å². The Bertz CT molecular complexity index is 401. The van der Waals surface area contributed by atoms with Crippen molar-refractivity contribution in [2.24, 2.45) is 0 Å². The van der Waals surface area contributed by atoms with Crippen LogP contribution in [-0.4, -0.2) is 58.9 Å². The molecule has 2 atom stereocenters. The molecular weight excluding hydrogens is 278 g/mol. The Labute approximate surface area is 134 Å². The van der Waals surface area contributed by atoms with E-state index in [1.165, 1.54) is 0 Å². The Morgan fingerprint density at radius 2 is 1.91 bits per heavy atom. The maximum atomic E-state index is 12.3. The smallest absolute Gasteiger partial charge is 0.242 e. The first-order chi connectivity index (χ1) is 10.4. The van der Waals surface area contributed by atoms with Crippen molar-refractivity contribution in [1.29, 1.82) is 0 Å². The summed E-state index contributed by atoms with van der Waals surface area (Å²) in [6.45, 7) is 10.5. The lowest BCUT2D eigenvalue weighted by Crippen LogP contribution is -2.46. The fraction of sp³-hybridized carbons (Fsp3) is 0.882. The van der Waals surface area contributed by atoms with E-state index in [9.17, 15) is 9.59 Å². The van der Waals surface area contributed by atoms with E-state index in [1.54, 1.807) is 0 Å². The lowest BCUT2D eigenvalue weighted by Gasteiger charge is -2.30. The summed E-state index contributed by atoms with van der Waals surface area (Å²) in [5.74, 6) is 0.201. The quantitative estimate of drug-likeness (QED) is 0.729. The van der Waals surface area contributed by atoms with Crippen LogP contribution in [0, 0.1) is 0 Å². The van der Waals surface area contributed by atoms with Crippen LogP contribution in [0.3, 0.4) is 0 Å². The summed E-state index contributed by atoms with van der Waals surface area (Å²) >= 11 is 0. The molecule has 126 valence electrons. The van der Waals surface area contributed by atoms with Gasteiger partial charge in [-0.3, -0.25) is 14.5 Å². The van der Waals surface area contributed by atoms with E-state index in [0.29, 0.717) is 31.1 Å². The standard InChI is InChI=1S/C17H31N3O2/c1-12(2)19(13(3)4)11-5-10-18-17(22)15-8-6-14-7-9-16(21)20(14)15/h12-15H,5-11H2,1-4H3,(H,18,22). The monoisotopic (exact) mass is 309 g/mol. The van der Waals surface area contributed by atoms with Crippen LogP contribution < -0.4 is 5.32 Å². The van der Waals surface area contributed by atoms with Gasteiger partial charge in [0.25, 0.3) is 0 Å². The molecule has 2 heterocycles. The van der Waals surface area contributed by atoms with Crippen LogP contribution in [0.2, 0.25) is 0 Å². The minimum absolute atomic E-state index is 0.0402. The summed E-state index contributed by atoms with van der Waals surface area (Å²) in [7, 11) is 0. The lowest BCUT2D eigenvalue weighted by atomic mass is 10.1. The second-order valence-corrected chi connectivity index (χ2v) is 7.16. The highest BCUT2D eigenvalue weighted by Crippen LogP contribution is 2.33. The van der Waals surface area contributed by atoms with Gasteiger partial charge in [0.05, 0.1) is 0 Å². The highest BCUT2D eigenvalue weighted by Gasteiger charge is 2.44. The molecule has 0 spiro atoms. The van der Waals surface area contributed by atoms with E-state index in [1.807, 2.05) is 4.90 Å². The average molecular weight is 309 g/mol. The predicted octanol–water partition coefficient (Wildman–Crippen LogP) is 1.76. The SMILES string of the molecule is CC(C)N(CCCNC(=O)C1CCC2CCC(=O)N21)C(C)C. The molecule has 1 N–H and O–H groups in total. The highest BCUT2D eigenvalue weighted by molar-refractivity contribution is 5.89. The molecule has 2 aliphatic heterocycles. The van der Waals surface area contributed by atoms with Crippen molar-refractivity contribution in [1.82, 2.24) is 15.1 Å². The molecule has 0 radical (unpaired) electrons. The molecular formula is C17H31N3O2. The molecule has 5 nitrogen and oxygen atoms in total. The molecule has 0 aliphatic carbocycles. The molecule has 2 saturated heterocycles. The fourth-order valence-corrected chi connectivity index (χ4v) is 3.92. The number of hydrogen-bond acceptors (Lipinski definition) is 3. The normalized spacial score (nSPS) is 24.7. The molecule has 0 saturated carbocycles. The summed E-state index contributed by atoms with van der Waals surface area (Å²) in [5, 5.41) is 3.03. The van der Waals surface area contributed by atoms with Gasteiger partial charge in [-0.1, -0.05) is 0 Å². The third-order valence-electron chi connectivity index (χ3n) is 5.00. The second-order valence-electron chi connectivity index (χ2n) is 7.16. The second kappa shape index (κ2) is 7.44. The van der Waals surface area contributed by atoms with Gasteiger partial charge in [0.2, 0.25) is 11.8 Å². The van der Waals surface area contributed by atoms with Gasteiger partial charge in [-0.25, -0.2) is 0 Å². The molecule has 22 heavy (non-hydrogen) atoms. The minimum atomic E-state index is -0.216. The molecule has 2 fully saturated rings. The van der Waals surface area contributed by atoms with Crippen LogP contribution in [0.25, 0.3) is 0 Å². The third-order valence-corrected chi connectivity index (χ3v) is 5.00. The largest absolute Gasteiger partial charge is 0.354 e. The van der Waals surface area contributed by atoms with Crippen molar-refractivity contribution >= 4 is 11.8 Å². The fourth-order valence-electron chi connectivity index (χ4n) is 3.92. The highest BCUT2D eigenvalue weighted by atomic mass is 16.2. The van der Waals surface area contributed by atoms with Gasteiger partial charge in [0, 0.05) is 37.6 Å². The molecule has 5 heteroatoms. The summed E-state index contributed by atoms with van der Waals surface area (Å²) in [6.07, 6.45) is 4.31. The third kappa shape index (κ3) is 3.80. The van der Waals surface area contributed by atoms with E-state index < -0.39 is 0 Å². The molecule has 0 bridgehead atoms. The zero-order valence-electron chi connectivity index (χ0n) is 14.5. The van der Waals surface area contributed by atoms with Crippen molar-refractivity contribution in [3.8, 4) is 0 Å². The lowest BCUT2D eigenvalue weighted by molar-refractivity contribution is -0.136. The zero-order chi connectivity index (χ0) is 16.3. The number of rotatable bonds is 7. The molecule has 2 rings (SSSR count). The van der Waals surface area contributed by atoms with E-state index in [2.05, 4.69) is 37.9 Å². The molecule has 2 amide bonds. The van der Waals surface area contributed by atoms with E-state index in [0.717, 1.165) is 32.2 Å². The number of carbonyl (C=O) groups excluding carboxylic acids is 2. The number of hydrogen-bond donors (Lipinski definition) is 1. The Morgan fingerprint density at radius 3 is 2.55 bits per heavy atom. The average Bonchev–Trinajstić information content (AvgIpc) is 3.01. The van der Waals surface area contributed by atoms with E-state index >= 15 is 0 Å². The van der Waals surface area contributed by atoms with Crippen LogP contribution >= 0.6 is 0 Å². The number of nitrogens with zero attached hydrogens (tertiary/aromatic N) is 2. The van der Waals surface area contributed by atoms with Crippen molar-refractivity contribution in [2.45, 2.75) is 84.0 Å². The number of amides is 2. The maximum absolute atomic E-state index is 12.3. The molecule has 2 unspecified atom stereocenters. The topological polar surface area (TPSA) is 52.7 Å². The van der Waals surface area contributed by atoms with Crippen LogP contribution in [0.4, 0.5) is 0 Å². The Morgan fingerprint density at radius 1 is 1.23 bits per heavy atom. The molecule has 2 aliphatic rings. The maximum Gasteiger partial charge on any atom is 0.242 e. The Kier molecular flexibility index (Phi) is 5.84. The molecule has 0 aromatic rings. The summed E-state index contributed by atoms with van der Waals surface area (Å²) < 4.78 is 0. The van der Waals surface area contributed by atoms with Crippen LogP contribution in [0.15, 0.2) is 0 Å². The zero-order valence-corrected chi connectivity index (χ0v) is 14.5. The van der Waals surface area contributed by atoms with Gasteiger partial charge < -0.3 is 10.2 Å². The Balaban J connectivity index is 1.73. The number of nitrogens with one attached hydrogen (secondary N) is 1. The Hall–Kier alpha value is -1.10. The van der Waals surface area contributed by atoms with Crippen LogP contribution in [0.5, 0.6) is 0 Å². The van der Waals surface area contributed by atoms with Gasteiger partial charge in [-0.15, -0.1) is 0 Å². The van der Waals surface area contributed by atoms with Gasteiger partial charge in [-0.2, -0.15) is 0 Å². The van der Waals surface area contributed by atoms with Gasteiger partial charge >= 0.3 is 0 Å². The number of carbonyl (C=O) groups is 2. The van der Waals surface area contributed by atoms with Crippen LogP contribution in [0.1, 0.15) is 59.8 Å². The summed E-state index contributed by atoms with van der Waals surface area (Å²) in [5.41, 5.74) is 0. The summed E-state index contributed by atoms with van der Waals surface area (Å²) in [4.78, 5) is 28.5. The van der Waals surface area contributed by atoms with Gasteiger partial charge in [-0.05, 0) is 53.4 Å². The number of fused-ring (bicyclic) bond motifs is 1. The molecule has 0 aromatic heterocycles. The minimum Gasteiger partial charge on any atom is -0.354 e.